The van der Waals surface area contributed by atoms with Crippen LogP contribution in [-0.2, 0) is 9.22 Å². The molecule has 2 fully saturated rings. The molecule has 2 rings (SSSR count). The highest BCUT2D eigenvalue weighted by molar-refractivity contribution is 6.74. The Kier molecular flexibility index (Phi) is 4.42. The summed E-state index contributed by atoms with van der Waals surface area (Å²) in [4.78, 5) is 14.5. The van der Waals surface area contributed by atoms with Gasteiger partial charge >= 0.3 is 0 Å². The molecule has 2 saturated heterocycles. The van der Waals surface area contributed by atoms with Crippen LogP contribution in [0.15, 0.2) is 12.2 Å². The van der Waals surface area contributed by atoms with E-state index >= 15 is 0 Å². The number of rotatable bonds is 3. The van der Waals surface area contributed by atoms with Crippen molar-refractivity contribution in [3.63, 3.8) is 0 Å². The zero-order valence-electron chi connectivity index (χ0n) is 14.5. The van der Waals surface area contributed by atoms with Gasteiger partial charge in [-0.25, -0.2) is 0 Å². The van der Waals surface area contributed by atoms with Gasteiger partial charge in [-0.2, -0.15) is 0 Å². The van der Waals surface area contributed by atoms with Gasteiger partial charge in [-0.3, -0.25) is 4.79 Å². The van der Waals surface area contributed by atoms with Crippen molar-refractivity contribution in [2.45, 2.75) is 77.2 Å². The molecule has 0 bridgehead atoms. The zero-order chi connectivity index (χ0) is 16.0. The summed E-state index contributed by atoms with van der Waals surface area (Å²) in [6, 6.07) is 0.372. The van der Waals surface area contributed by atoms with Crippen molar-refractivity contribution in [3.05, 3.63) is 12.2 Å². The highest BCUT2D eigenvalue weighted by Gasteiger charge is 2.52. The lowest BCUT2D eigenvalue weighted by Gasteiger charge is -2.51. The maximum absolute atomic E-state index is 12.5. The monoisotopic (exact) mass is 309 g/mol. The normalized spacial score (nSPS) is 28.8. The van der Waals surface area contributed by atoms with Gasteiger partial charge in [-0.15, -0.1) is 0 Å². The van der Waals surface area contributed by atoms with Crippen LogP contribution < -0.4 is 0 Å². The van der Waals surface area contributed by atoms with Crippen molar-refractivity contribution < 1.29 is 9.22 Å². The Hall–Kier alpha value is -0.613. The first-order valence-corrected chi connectivity index (χ1v) is 11.1. The molecule has 0 saturated carbocycles. The summed E-state index contributed by atoms with van der Waals surface area (Å²) in [7, 11) is -1.81. The Balaban J connectivity index is 2.06. The molecule has 0 N–H and O–H groups in total. The first-order valence-electron chi connectivity index (χ1n) is 8.19. The molecule has 3 atom stereocenters. The van der Waals surface area contributed by atoms with E-state index in [4.69, 9.17) is 4.43 Å². The fraction of sp³-hybridized carbons (Fsp3) is 0.824. The van der Waals surface area contributed by atoms with Crippen LogP contribution in [0, 0.1) is 5.92 Å². The number of hydrogen-bond acceptors (Lipinski definition) is 2. The van der Waals surface area contributed by atoms with Crippen LogP contribution in [0.25, 0.3) is 0 Å². The van der Waals surface area contributed by atoms with Crippen molar-refractivity contribution in [2.75, 3.05) is 6.54 Å². The first-order chi connectivity index (χ1) is 9.54. The van der Waals surface area contributed by atoms with E-state index in [1.807, 2.05) is 4.90 Å². The second-order valence-corrected chi connectivity index (χ2v) is 13.0. The maximum Gasteiger partial charge on any atom is 0.230 e. The summed E-state index contributed by atoms with van der Waals surface area (Å²) in [6.07, 6.45) is 3.34. The molecule has 2 aliphatic rings. The lowest BCUT2D eigenvalue weighted by atomic mass is 9.81. The molecular formula is C17H31NO2Si. The molecule has 0 aromatic heterocycles. The minimum atomic E-state index is -1.81. The summed E-state index contributed by atoms with van der Waals surface area (Å²) in [5.41, 5.74) is 1.20. The average Bonchev–Trinajstić information content (AvgIpc) is 2.47. The van der Waals surface area contributed by atoms with Gasteiger partial charge < -0.3 is 9.33 Å². The van der Waals surface area contributed by atoms with Crippen LogP contribution in [-0.4, -0.2) is 37.8 Å². The van der Waals surface area contributed by atoms with E-state index in [2.05, 4.69) is 47.4 Å². The van der Waals surface area contributed by atoms with Gasteiger partial charge in [0.1, 0.15) is 0 Å². The van der Waals surface area contributed by atoms with Gasteiger partial charge in [0.15, 0.2) is 8.32 Å². The highest BCUT2D eigenvalue weighted by atomic mass is 28.4. The second kappa shape index (κ2) is 5.54. The van der Waals surface area contributed by atoms with Crippen molar-refractivity contribution in [2.24, 2.45) is 5.92 Å². The van der Waals surface area contributed by atoms with Gasteiger partial charge in [0.05, 0.1) is 12.0 Å². The van der Waals surface area contributed by atoms with E-state index in [9.17, 15) is 4.79 Å². The number of hydrogen-bond donors (Lipinski definition) is 0. The van der Waals surface area contributed by atoms with Crippen molar-refractivity contribution in [3.8, 4) is 0 Å². The second-order valence-electron chi connectivity index (χ2n) is 8.28. The number of carbonyl (C=O) groups is 1. The quantitative estimate of drug-likeness (QED) is 0.448. The third-order valence-corrected chi connectivity index (χ3v) is 10.2. The summed E-state index contributed by atoms with van der Waals surface area (Å²) in [5, 5.41) is 0.186. The Morgan fingerprint density at radius 2 is 2.00 bits per heavy atom. The third-order valence-electron chi connectivity index (χ3n) is 5.60. The van der Waals surface area contributed by atoms with Gasteiger partial charge in [0, 0.05) is 12.6 Å². The van der Waals surface area contributed by atoms with E-state index in [0.717, 1.165) is 25.8 Å². The van der Waals surface area contributed by atoms with Crippen LogP contribution in [0.4, 0.5) is 0 Å². The van der Waals surface area contributed by atoms with E-state index in [1.54, 1.807) is 0 Å². The van der Waals surface area contributed by atoms with E-state index < -0.39 is 8.32 Å². The number of β-lactam (4-membered cyclic amide) rings is 1. The molecule has 0 aromatic rings. The summed E-state index contributed by atoms with van der Waals surface area (Å²) in [6.45, 7) is 18.2. The zero-order valence-corrected chi connectivity index (χ0v) is 15.5. The number of carbonyl (C=O) groups excluding carboxylic acids is 1. The molecule has 0 aliphatic carbocycles. The lowest BCUT2D eigenvalue weighted by Crippen LogP contribution is -2.65. The predicted molar refractivity (Wildman–Crippen MR) is 89.7 cm³/mol. The molecule has 0 radical (unpaired) electrons. The Labute approximate surface area is 130 Å². The molecular weight excluding hydrogens is 278 g/mol. The maximum atomic E-state index is 12.5. The summed E-state index contributed by atoms with van der Waals surface area (Å²) < 4.78 is 6.46. The predicted octanol–water partition coefficient (Wildman–Crippen LogP) is 3.96. The van der Waals surface area contributed by atoms with E-state index in [1.165, 1.54) is 5.57 Å². The molecule has 2 heterocycles. The van der Waals surface area contributed by atoms with Crippen LogP contribution >= 0.6 is 0 Å². The average molecular weight is 310 g/mol. The Bertz CT molecular complexity index is 439. The highest BCUT2D eigenvalue weighted by Crippen LogP contribution is 2.42. The molecule has 4 heteroatoms. The van der Waals surface area contributed by atoms with Gasteiger partial charge in [-0.05, 0) is 44.3 Å². The minimum absolute atomic E-state index is 0.0333. The first kappa shape index (κ1) is 16.8. The Morgan fingerprint density at radius 3 is 2.57 bits per heavy atom. The molecule has 1 amide bonds. The molecule has 3 nitrogen and oxygen atoms in total. The van der Waals surface area contributed by atoms with Crippen LogP contribution in [0.5, 0.6) is 0 Å². The molecule has 2 aliphatic heterocycles. The fourth-order valence-corrected chi connectivity index (χ4v) is 4.70. The van der Waals surface area contributed by atoms with Gasteiger partial charge in [0.2, 0.25) is 5.91 Å². The van der Waals surface area contributed by atoms with Gasteiger partial charge in [-0.1, -0.05) is 32.9 Å². The molecule has 120 valence electrons. The fourth-order valence-electron chi connectivity index (χ4n) is 3.27. The van der Waals surface area contributed by atoms with Crippen molar-refractivity contribution in [1.29, 1.82) is 0 Å². The molecule has 0 spiro atoms. The molecule has 0 aromatic carbocycles. The number of fused-ring (bicyclic) bond motifs is 1. The van der Waals surface area contributed by atoms with Crippen molar-refractivity contribution in [1.82, 2.24) is 4.90 Å². The van der Waals surface area contributed by atoms with E-state index in [-0.39, 0.29) is 23.0 Å². The standard InChI is InChI=1S/C17H31NO2Si/c1-12-9-8-10-14-15(16(19)18(14)11-12)13(2)20-21(6,7)17(3,4)5/h13-15H,1,8-11H2,2-7H3/t13-,14-,15-/m1/s1. The summed E-state index contributed by atoms with van der Waals surface area (Å²) in [5.74, 6) is 0.333. The largest absolute Gasteiger partial charge is 0.413 e. The number of amides is 1. The molecule has 0 unspecified atom stereocenters. The van der Waals surface area contributed by atoms with E-state index in [0.29, 0.717) is 6.04 Å². The lowest BCUT2D eigenvalue weighted by molar-refractivity contribution is -0.162. The smallest absolute Gasteiger partial charge is 0.230 e. The van der Waals surface area contributed by atoms with Crippen LogP contribution in [0.3, 0.4) is 0 Å². The van der Waals surface area contributed by atoms with Crippen LogP contribution in [0.2, 0.25) is 18.1 Å². The summed E-state index contributed by atoms with van der Waals surface area (Å²) >= 11 is 0. The topological polar surface area (TPSA) is 29.5 Å². The van der Waals surface area contributed by atoms with Crippen molar-refractivity contribution >= 4 is 14.2 Å². The SMILES string of the molecule is C=C1CCC[C@@H]2[C@@H]([C@@H](C)O[Si](C)(C)C(C)(C)C)C(=O)N2C1. The van der Waals surface area contributed by atoms with Gasteiger partial charge in [0.25, 0.3) is 0 Å². The minimum Gasteiger partial charge on any atom is -0.413 e. The third kappa shape index (κ3) is 3.11. The molecule has 21 heavy (non-hydrogen) atoms. The number of nitrogens with zero attached hydrogens (tertiary/aromatic N) is 1. The van der Waals surface area contributed by atoms with Crippen LogP contribution in [0.1, 0.15) is 47.0 Å². The Morgan fingerprint density at radius 1 is 1.38 bits per heavy atom.